The number of aliphatic imine (C=N–C) groups is 1. The first-order valence-corrected chi connectivity index (χ1v) is 7.62. The van der Waals surface area contributed by atoms with Crippen molar-refractivity contribution in [3.05, 3.63) is 58.1 Å². The first-order chi connectivity index (χ1) is 10.4. The molecule has 4 nitrogen and oxygen atoms in total. The van der Waals surface area contributed by atoms with Crippen LogP contribution in [0.5, 0.6) is 0 Å². The fourth-order valence-electron chi connectivity index (χ4n) is 1.80. The van der Waals surface area contributed by atoms with Gasteiger partial charge in [0.25, 0.3) is 5.91 Å². The second-order valence-corrected chi connectivity index (χ2v) is 6.14. The SMILES string of the molecule is Cc1ccc(NC(=O)c2cc(Br)cc(N=CN(C)C)c2)cc1. The lowest BCUT2D eigenvalue weighted by Crippen LogP contribution is -2.12. The molecule has 0 heterocycles. The van der Waals surface area contributed by atoms with E-state index in [0.717, 1.165) is 21.4 Å². The minimum Gasteiger partial charge on any atom is -0.369 e. The van der Waals surface area contributed by atoms with Gasteiger partial charge in [-0.3, -0.25) is 4.79 Å². The van der Waals surface area contributed by atoms with Crippen LogP contribution in [0.4, 0.5) is 11.4 Å². The molecule has 0 fully saturated rings. The van der Waals surface area contributed by atoms with E-state index in [-0.39, 0.29) is 5.91 Å². The number of aryl methyl sites for hydroxylation is 1. The number of hydrogen-bond acceptors (Lipinski definition) is 2. The van der Waals surface area contributed by atoms with Crippen LogP contribution in [-0.2, 0) is 0 Å². The van der Waals surface area contributed by atoms with Crippen LogP contribution in [0.15, 0.2) is 51.9 Å². The summed E-state index contributed by atoms with van der Waals surface area (Å²) < 4.78 is 0.815. The first kappa shape index (κ1) is 16.2. The van der Waals surface area contributed by atoms with Gasteiger partial charge in [0.05, 0.1) is 12.0 Å². The van der Waals surface area contributed by atoms with Crippen LogP contribution in [0.3, 0.4) is 0 Å². The third-order valence-electron chi connectivity index (χ3n) is 2.89. The summed E-state index contributed by atoms with van der Waals surface area (Å²) in [6.07, 6.45) is 1.70. The van der Waals surface area contributed by atoms with Gasteiger partial charge in [0.15, 0.2) is 0 Å². The molecule has 1 N–H and O–H groups in total. The number of anilines is 1. The molecule has 0 aliphatic carbocycles. The molecular weight excluding hydrogens is 342 g/mol. The van der Waals surface area contributed by atoms with Crippen molar-refractivity contribution in [2.45, 2.75) is 6.92 Å². The zero-order chi connectivity index (χ0) is 16.1. The Labute approximate surface area is 139 Å². The molecule has 114 valence electrons. The highest BCUT2D eigenvalue weighted by Crippen LogP contribution is 2.22. The van der Waals surface area contributed by atoms with Gasteiger partial charge in [-0.25, -0.2) is 4.99 Å². The van der Waals surface area contributed by atoms with Gasteiger partial charge in [0, 0.05) is 29.8 Å². The minimum atomic E-state index is -0.161. The lowest BCUT2D eigenvalue weighted by Gasteiger charge is -2.08. The summed E-state index contributed by atoms with van der Waals surface area (Å²) in [5.41, 5.74) is 3.20. The summed E-state index contributed by atoms with van der Waals surface area (Å²) in [6.45, 7) is 2.01. The molecule has 2 aromatic rings. The molecule has 5 heteroatoms. The number of nitrogens with zero attached hydrogens (tertiary/aromatic N) is 2. The van der Waals surface area contributed by atoms with Gasteiger partial charge in [-0.1, -0.05) is 33.6 Å². The first-order valence-electron chi connectivity index (χ1n) is 6.83. The third kappa shape index (κ3) is 4.70. The van der Waals surface area contributed by atoms with Crippen LogP contribution in [0, 0.1) is 6.92 Å². The maximum Gasteiger partial charge on any atom is 0.255 e. The van der Waals surface area contributed by atoms with Crippen LogP contribution in [0.25, 0.3) is 0 Å². The zero-order valence-corrected chi connectivity index (χ0v) is 14.4. The van der Waals surface area contributed by atoms with Crippen molar-refractivity contribution in [3.63, 3.8) is 0 Å². The Hall–Kier alpha value is -2.14. The van der Waals surface area contributed by atoms with Crippen molar-refractivity contribution in [2.24, 2.45) is 4.99 Å². The molecule has 22 heavy (non-hydrogen) atoms. The number of carbonyl (C=O) groups is 1. The smallest absolute Gasteiger partial charge is 0.255 e. The summed E-state index contributed by atoms with van der Waals surface area (Å²) in [5, 5.41) is 2.88. The van der Waals surface area contributed by atoms with Crippen molar-refractivity contribution < 1.29 is 4.79 Å². The van der Waals surface area contributed by atoms with Crippen LogP contribution in [0.1, 0.15) is 15.9 Å². The fourth-order valence-corrected chi connectivity index (χ4v) is 2.28. The molecule has 0 atom stereocenters. The summed E-state index contributed by atoms with van der Waals surface area (Å²) in [4.78, 5) is 18.5. The Morgan fingerprint density at radius 1 is 1.18 bits per heavy atom. The van der Waals surface area contributed by atoms with E-state index >= 15 is 0 Å². The Bertz CT molecular complexity index is 694. The summed E-state index contributed by atoms with van der Waals surface area (Å²) in [5.74, 6) is -0.161. The lowest BCUT2D eigenvalue weighted by molar-refractivity contribution is 0.102. The molecule has 1 amide bonds. The Balaban J connectivity index is 2.20. The lowest BCUT2D eigenvalue weighted by atomic mass is 10.1. The Morgan fingerprint density at radius 3 is 2.50 bits per heavy atom. The molecule has 0 aromatic heterocycles. The van der Waals surface area contributed by atoms with Gasteiger partial charge >= 0.3 is 0 Å². The highest BCUT2D eigenvalue weighted by Gasteiger charge is 2.08. The third-order valence-corrected chi connectivity index (χ3v) is 3.35. The van der Waals surface area contributed by atoms with Gasteiger partial charge in [0.2, 0.25) is 0 Å². The number of rotatable bonds is 4. The van der Waals surface area contributed by atoms with Gasteiger partial charge < -0.3 is 10.2 Å². The second-order valence-electron chi connectivity index (χ2n) is 5.23. The van der Waals surface area contributed by atoms with E-state index in [1.54, 1.807) is 18.5 Å². The van der Waals surface area contributed by atoms with E-state index < -0.39 is 0 Å². The predicted octanol–water partition coefficient (Wildman–Crippen LogP) is 4.23. The maximum atomic E-state index is 12.3. The van der Waals surface area contributed by atoms with E-state index in [2.05, 4.69) is 26.2 Å². The van der Waals surface area contributed by atoms with Crippen molar-refractivity contribution in [3.8, 4) is 0 Å². The summed E-state index contributed by atoms with van der Waals surface area (Å²) >= 11 is 3.42. The monoisotopic (exact) mass is 359 g/mol. The van der Waals surface area contributed by atoms with E-state index in [1.807, 2.05) is 56.3 Å². The van der Waals surface area contributed by atoms with Crippen LogP contribution >= 0.6 is 15.9 Å². The average Bonchev–Trinajstić information content (AvgIpc) is 2.47. The molecule has 0 saturated heterocycles. The number of carbonyl (C=O) groups excluding carboxylic acids is 1. The summed E-state index contributed by atoms with van der Waals surface area (Å²) in [7, 11) is 3.79. The molecule has 2 aromatic carbocycles. The zero-order valence-electron chi connectivity index (χ0n) is 12.8. The largest absolute Gasteiger partial charge is 0.369 e. The van der Waals surface area contributed by atoms with E-state index in [0.29, 0.717) is 5.56 Å². The average molecular weight is 360 g/mol. The quantitative estimate of drug-likeness (QED) is 0.655. The molecule has 0 saturated carbocycles. The van der Waals surface area contributed by atoms with E-state index in [1.165, 1.54) is 0 Å². The number of halogens is 1. The summed E-state index contributed by atoms with van der Waals surface area (Å²) in [6, 6.07) is 13.1. The number of benzene rings is 2. The molecular formula is C17H18BrN3O. The molecule has 0 bridgehead atoms. The number of amides is 1. The molecule has 0 unspecified atom stereocenters. The minimum absolute atomic E-state index is 0.161. The molecule has 0 aliphatic rings. The van der Waals surface area contributed by atoms with Crippen molar-refractivity contribution >= 4 is 39.6 Å². The second kappa shape index (κ2) is 7.22. The topological polar surface area (TPSA) is 44.7 Å². The van der Waals surface area contributed by atoms with Crippen LogP contribution in [0.2, 0.25) is 0 Å². The number of nitrogens with one attached hydrogen (secondary N) is 1. The van der Waals surface area contributed by atoms with Gasteiger partial charge in [0.1, 0.15) is 0 Å². The van der Waals surface area contributed by atoms with E-state index in [9.17, 15) is 4.79 Å². The fraction of sp³-hybridized carbons (Fsp3) is 0.176. The van der Waals surface area contributed by atoms with E-state index in [4.69, 9.17) is 0 Å². The standard InChI is InChI=1S/C17H18BrN3O/c1-12-4-6-15(7-5-12)20-17(22)13-8-14(18)10-16(9-13)19-11-21(2)3/h4-11H,1-3H3,(H,20,22). The predicted molar refractivity (Wildman–Crippen MR) is 95.1 cm³/mol. The van der Waals surface area contributed by atoms with Crippen molar-refractivity contribution in [1.29, 1.82) is 0 Å². The Kier molecular flexibility index (Phi) is 5.33. The highest BCUT2D eigenvalue weighted by atomic mass is 79.9. The van der Waals surface area contributed by atoms with Gasteiger partial charge in [-0.05, 0) is 37.3 Å². The van der Waals surface area contributed by atoms with Crippen molar-refractivity contribution in [2.75, 3.05) is 19.4 Å². The molecule has 0 aliphatic heterocycles. The molecule has 0 spiro atoms. The maximum absolute atomic E-state index is 12.3. The van der Waals surface area contributed by atoms with Gasteiger partial charge in [-0.15, -0.1) is 0 Å². The molecule has 2 rings (SSSR count). The molecule has 0 radical (unpaired) electrons. The van der Waals surface area contributed by atoms with Crippen molar-refractivity contribution in [1.82, 2.24) is 4.90 Å². The van der Waals surface area contributed by atoms with Crippen LogP contribution in [-0.4, -0.2) is 31.2 Å². The van der Waals surface area contributed by atoms with Gasteiger partial charge in [-0.2, -0.15) is 0 Å². The highest BCUT2D eigenvalue weighted by molar-refractivity contribution is 9.10. The number of hydrogen-bond donors (Lipinski definition) is 1. The van der Waals surface area contributed by atoms with Crippen LogP contribution < -0.4 is 5.32 Å². The Morgan fingerprint density at radius 2 is 1.86 bits per heavy atom. The normalized spacial score (nSPS) is 10.7.